The average Bonchev–Trinajstić information content (AvgIpc) is 2.27. The molecule has 6 nitrogen and oxygen atoms in total. The Labute approximate surface area is 118 Å². The molecule has 0 bridgehead atoms. The Morgan fingerprint density at radius 1 is 1.35 bits per heavy atom. The number of carbonyl (C=O) groups excluding carboxylic acids is 1. The second kappa shape index (κ2) is 7.06. The highest BCUT2D eigenvalue weighted by Gasteiger charge is 2.21. The predicted octanol–water partition coefficient (Wildman–Crippen LogP) is 0.520. The molecule has 2 aliphatic rings. The number of amides is 1. The molecular weight excluding hydrogens is 280 g/mol. The highest BCUT2D eigenvalue weighted by Crippen LogP contribution is 2.22. The summed E-state index contributed by atoms with van der Waals surface area (Å²) in [6, 6.07) is 0.259. The van der Waals surface area contributed by atoms with Crippen LogP contribution in [0, 0.1) is 5.92 Å². The van der Waals surface area contributed by atoms with Gasteiger partial charge >= 0.3 is 0 Å². The summed E-state index contributed by atoms with van der Waals surface area (Å²) in [7, 11) is -3.67. The number of nitrogens with two attached hydrogens (primary N) is 1. The van der Waals surface area contributed by atoms with Crippen molar-refractivity contribution in [3.05, 3.63) is 48.2 Å². The van der Waals surface area contributed by atoms with Crippen molar-refractivity contribution in [2.75, 3.05) is 6.26 Å². The minimum atomic E-state index is -3.67. The molecule has 0 radical (unpaired) electrons. The molecule has 1 aliphatic heterocycles. The Balaban J connectivity index is 0.000000347. The van der Waals surface area contributed by atoms with E-state index in [-0.39, 0.29) is 11.9 Å². The van der Waals surface area contributed by atoms with E-state index in [4.69, 9.17) is 10.3 Å². The van der Waals surface area contributed by atoms with Crippen molar-refractivity contribution < 1.29 is 17.8 Å². The Morgan fingerprint density at radius 2 is 1.95 bits per heavy atom. The SMILES string of the molecule is CS(=O)(=O)O.NC(=O)/C1=C/C=C\NC2C=CC=CC2C1. The minimum absolute atomic E-state index is 0.259. The number of rotatable bonds is 1. The van der Waals surface area contributed by atoms with E-state index < -0.39 is 10.1 Å². The van der Waals surface area contributed by atoms with E-state index in [2.05, 4.69) is 17.5 Å². The van der Waals surface area contributed by atoms with Crippen molar-refractivity contribution in [3.8, 4) is 0 Å². The molecule has 2 rings (SSSR count). The molecule has 110 valence electrons. The number of fused-ring (bicyclic) bond motifs is 1. The van der Waals surface area contributed by atoms with E-state index >= 15 is 0 Å². The molecule has 1 heterocycles. The van der Waals surface area contributed by atoms with Gasteiger partial charge in [0.1, 0.15) is 0 Å². The second-order valence-corrected chi connectivity index (χ2v) is 5.94. The maximum Gasteiger partial charge on any atom is 0.261 e. The number of hydrogen-bond acceptors (Lipinski definition) is 4. The third-order valence-electron chi connectivity index (χ3n) is 2.70. The molecule has 0 saturated heterocycles. The zero-order valence-electron chi connectivity index (χ0n) is 11.1. The van der Waals surface area contributed by atoms with Gasteiger partial charge < -0.3 is 11.1 Å². The summed E-state index contributed by atoms with van der Waals surface area (Å²) in [6.07, 6.45) is 15.1. The first kappa shape index (κ1) is 16.2. The molecule has 1 amide bonds. The van der Waals surface area contributed by atoms with Crippen molar-refractivity contribution in [1.82, 2.24) is 5.32 Å². The number of allylic oxidation sites excluding steroid dienone is 4. The minimum Gasteiger partial charge on any atom is -0.384 e. The van der Waals surface area contributed by atoms with Crippen LogP contribution < -0.4 is 11.1 Å². The van der Waals surface area contributed by atoms with Gasteiger partial charge in [-0.1, -0.05) is 30.4 Å². The normalized spacial score (nSPS) is 28.4. The fraction of sp³-hybridized carbons (Fsp3) is 0.308. The van der Waals surface area contributed by atoms with Crippen molar-refractivity contribution >= 4 is 16.0 Å². The summed E-state index contributed by atoms with van der Waals surface area (Å²) in [4.78, 5) is 11.2. The van der Waals surface area contributed by atoms with Crippen LogP contribution in [0.25, 0.3) is 0 Å². The lowest BCUT2D eigenvalue weighted by atomic mass is 9.88. The lowest BCUT2D eigenvalue weighted by molar-refractivity contribution is -0.114. The Bertz CT molecular complexity index is 565. The van der Waals surface area contributed by atoms with Crippen LogP contribution in [0.15, 0.2) is 48.2 Å². The van der Waals surface area contributed by atoms with Crippen LogP contribution in [0.5, 0.6) is 0 Å². The summed E-state index contributed by atoms with van der Waals surface area (Å²) in [5.41, 5.74) is 5.99. The maximum atomic E-state index is 11.2. The third kappa shape index (κ3) is 6.35. The molecule has 0 aromatic carbocycles. The molecular formula is C13H18N2O4S. The quantitative estimate of drug-likeness (QED) is 0.611. The van der Waals surface area contributed by atoms with Crippen molar-refractivity contribution in [3.63, 3.8) is 0 Å². The summed E-state index contributed by atoms with van der Waals surface area (Å²) < 4.78 is 25.9. The number of hydrogen-bond donors (Lipinski definition) is 3. The van der Waals surface area contributed by atoms with Crippen LogP contribution in [0.4, 0.5) is 0 Å². The molecule has 20 heavy (non-hydrogen) atoms. The van der Waals surface area contributed by atoms with Crippen LogP contribution in [-0.4, -0.2) is 31.2 Å². The van der Waals surface area contributed by atoms with Gasteiger partial charge in [-0.25, -0.2) is 0 Å². The zero-order valence-corrected chi connectivity index (χ0v) is 11.9. The largest absolute Gasteiger partial charge is 0.384 e. The van der Waals surface area contributed by atoms with E-state index in [0.717, 1.165) is 0 Å². The van der Waals surface area contributed by atoms with Gasteiger partial charge in [0.05, 0.1) is 12.3 Å². The summed E-state index contributed by atoms with van der Waals surface area (Å²) >= 11 is 0. The van der Waals surface area contributed by atoms with Crippen molar-refractivity contribution in [2.24, 2.45) is 11.7 Å². The first-order chi connectivity index (χ1) is 9.27. The molecule has 2 unspecified atom stereocenters. The van der Waals surface area contributed by atoms with Crippen LogP contribution in [0.2, 0.25) is 0 Å². The molecule has 0 aromatic rings. The van der Waals surface area contributed by atoms with Gasteiger partial charge in [-0.05, 0) is 18.7 Å². The molecule has 0 spiro atoms. The van der Waals surface area contributed by atoms with E-state index in [0.29, 0.717) is 24.2 Å². The van der Waals surface area contributed by atoms with Gasteiger partial charge in [-0.2, -0.15) is 8.42 Å². The predicted molar refractivity (Wildman–Crippen MR) is 77.2 cm³/mol. The molecule has 4 N–H and O–H groups in total. The monoisotopic (exact) mass is 298 g/mol. The highest BCUT2D eigenvalue weighted by molar-refractivity contribution is 7.85. The lowest BCUT2D eigenvalue weighted by Crippen LogP contribution is -2.33. The number of primary amides is 1. The molecule has 2 atom stereocenters. The highest BCUT2D eigenvalue weighted by atomic mass is 32.2. The molecule has 0 aromatic heterocycles. The Hall–Kier alpha value is -1.86. The molecule has 0 fully saturated rings. The standard InChI is InChI=1S/C12H14N2O.CH4O3S/c13-12(15)10-5-3-7-14-11-6-2-1-4-9(11)8-10;1-5(2,3)4/h1-7,9,11,14H,8H2,(H2,13,15);1H3,(H,2,3,4)/b7-3-,10-5+;. The zero-order chi connectivity index (χ0) is 15.2. The van der Waals surface area contributed by atoms with E-state index in [1.165, 1.54) is 0 Å². The van der Waals surface area contributed by atoms with Crippen LogP contribution in [0.1, 0.15) is 6.42 Å². The lowest BCUT2D eigenvalue weighted by Gasteiger charge is -2.26. The molecule has 7 heteroatoms. The molecule has 0 saturated carbocycles. The Kier molecular flexibility index (Phi) is 5.72. The van der Waals surface area contributed by atoms with Gasteiger partial charge in [0.2, 0.25) is 5.91 Å². The van der Waals surface area contributed by atoms with Crippen molar-refractivity contribution in [1.29, 1.82) is 0 Å². The first-order valence-corrected chi connectivity index (χ1v) is 7.81. The van der Waals surface area contributed by atoms with E-state index in [1.54, 1.807) is 6.08 Å². The summed E-state index contributed by atoms with van der Waals surface area (Å²) in [5, 5.41) is 3.27. The summed E-state index contributed by atoms with van der Waals surface area (Å²) in [5.74, 6) is -0.0260. The fourth-order valence-electron chi connectivity index (χ4n) is 1.86. The third-order valence-corrected chi connectivity index (χ3v) is 2.70. The second-order valence-electron chi connectivity index (χ2n) is 4.48. The van der Waals surface area contributed by atoms with Crippen LogP contribution >= 0.6 is 0 Å². The van der Waals surface area contributed by atoms with Crippen molar-refractivity contribution in [2.45, 2.75) is 12.5 Å². The maximum absolute atomic E-state index is 11.2. The topological polar surface area (TPSA) is 109 Å². The van der Waals surface area contributed by atoms with Gasteiger partial charge in [-0.3, -0.25) is 9.35 Å². The van der Waals surface area contributed by atoms with E-state index in [9.17, 15) is 13.2 Å². The fourth-order valence-corrected chi connectivity index (χ4v) is 1.86. The Morgan fingerprint density at radius 3 is 2.55 bits per heavy atom. The van der Waals surface area contributed by atoms with Crippen LogP contribution in [-0.2, 0) is 14.9 Å². The van der Waals surface area contributed by atoms with Gasteiger partial charge in [-0.15, -0.1) is 0 Å². The number of carbonyl (C=O) groups is 1. The average molecular weight is 298 g/mol. The summed E-state index contributed by atoms with van der Waals surface area (Å²) in [6.45, 7) is 0. The van der Waals surface area contributed by atoms with Gasteiger partial charge in [0.15, 0.2) is 0 Å². The van der Waals surface area contributed by atoms with E-state index in [1.807, 2.05) is 24.4 Å². The van der Waals surface area contributed by atoms with Gasteiger partial charge in [0.25, 0.3) is 10.1 Å². The smallest absolute Gasteiger partial charge is 0.261 e. The molecule has 1 aliphatic carbocycles. The van der Waals surface area contributed by atoms with Gasteiger partial charge in [0, 0.05) is 11.5 Å². The number of nitrogens with one attached hydrogen (secondary N) is 1. The van der Waals surface area contributed by atoms with Crippen LogP contribution in [0.3, 0.4) is 0 Å². The first-order valence-electron chi connectivity index (χ1n) is 5.96.